The molecule has 0 bridgehead atoms. The second kappa shape index (κ2) is 6.66. The van der Waals surface area contributed by atoms with Crippen molar-refractivity contribution in [3.63, 3.8) is 0 Å². The van der Waals surface area contributed by atoms with Crippen LogP contribution < -0.4 is 5.63 Å². The molecule has 2 heterocycles. The van der Waals surface area contributed by atoms with Crippen molar-refractivity contribution in [3.05, 3.63) is 74.6 Å². The van der Waals surface area contributed by atoms with E-state index in [9.17, 15) is 14.7 Å². The van der Waals surface area contributed by atoms with Crippen molar-refractivity contribution in [1.82, 2.24) is 5.01 Å². The maximum atomic E-state index is 12.5. The van der Waals surface area contributed by atoms with Crippen LogP contribution in [0.1, 0.15) is 30.5 Å². The SMILES string of the molecule is CC(=O)N1N=C(c2cc3c(Br)cccc3oc2=O)CC1c1ccc(O)cc1. The Labute approximate surface area is 162 Å². The Morgan fingerprint density at radius 1 is 1.26 bits per heavy atom. The van der Waals surface area contributed by atoms with Gasteiger partial charge in [0, 0.05) is 23.2 Å². The zero-order chi connectivity index (χ0) is 19.1. The van der Waals surface area contributed by atoms with Crippen LogP contribution in [-0.2, 0) is 4.79 Å². The number of carbonyl (C=O) groups is 1. The highest BCUT2D eigenvalue weighted by molar-refractivity contribution is 9.10. The summed E-state index contributed by atoms with van der Waals surface area (Å²) in [5.74, 6) is -0.0817. The van der Waals surface area contributed by atoms with Gasteiger partial charge in [-0.2, -0.15) is 5.10 Å². The number of fused-ring (bicyclic) bond motifs is 1. The van der Waals surface area contributed by atoms with E-state index in [2.05, 4.69) is 21.0 Å². The third-order valence-corrected chi connectivity index (χ3v) is 5.24. The summed E-state index contributed by atoms with van der Waals surface area (Å²) in [6.45, 7) is 1.43. The minimum absolute atomic E-state index is 0.146. The molecule has 1 amide bonds. The molecular weight excluding hydrogens is 412 g/mol. The Kier molecular flexibility index (Phi) is 4.31. The quantitative estimate of drug-likeness (QED) is 0.628. The van der Waals surface area contributed by atoms with Gasteiger partial charge in [0.05, 0.1) is 17.3 Å². The molecule has 0 saturated heterocycles. The number of hydrogen-bond donors (Lipinski definition) is 1. The van der Waals surface area contributed by atoms with Gasteiger partial charge in [-0.1, -0.05) is 34.1 Å². The first-order valence-corrected chi connectivity index (χ1v) is 9.12. The van der Waals surface area contributed by atoms with Crippen molar-refractivity contribution in [1.29, 1.82) is 0 Å². The Bertz CT molecular complexity index is 1130. The molecule has 0 aliphatic carbocycles. The standard InChI is InChI=1S/C20H15BrN2O4/c1-11(24)23-18(12-5-7-13(25)8-6-12)10-17(22-23)15-9-14-16(21)3-2-4-19(14)27-20(15)26/h2-9,18,25H,10H2,1H3. The number of amides is 1. The molecule has 1 aliphatic heterocycles. The minimum Gasteiger partial charge on any atom is -0.508 e. The second-order valence-corrected chi connectivity index (χ2v) is 7.18. The van der Waals surface area contributed by atoms with Gasteiger partial charge in [0.25, 0.3) is 0 Å². The van der Waals surface area contributed by atoms with E-state index < -0.39 is 5.63 Å². The van der Waals surface area contributed by atoms with Gasteiger partial charge < -0.3 is 9.52 Å². The number of benzene rings is 2. The zero-order valence-corrected chi connectivity index (χ0v) is 15.9. The monoisotopic (exact) mass is 426 g/mol. The smallest absolute Gasteiger partial charge is 0.345 e. The Balaban J connectivity index is 1.79. The highest BCUT2D eigenvalue weighted by atomic mass is 79.9. The summed E-state index contributed by atoms with van der Waals surface area (Å²) in [7, 11) is 0. The lowest BCUT2D eigenvalue weighted by molar-refractivity contribution is -0.130. The molecule has 1 atom stereocenters. The van der Waals surface area contributed by atoms with E-state index in [1.807, 2.05) is 6.07 Å². The summed E-state index contributed by atoms with van der Waals surface area (Å²) in [6, 6.07) is 13.4. The molecule has 0 radical (unpaired) electrons. The average Bonchev–Trinajstić information content (AvgIpc) is 3.07. The summed E-state index contributed by atoms with van der Waals surface area (Å²) >= 11 is 3.46. The maximum absolute atomic E-state index is 12.5. The summed E-state index contributed by atoms with van der Waals surface area (Å²) < 4.78 is 6.24. The average molecular weight is 427 g/mol. The first-order valence-electron chi connectivity index (χ1n) is 8.33. The van der Waals surface area contributed by atoms with Crippen LogP contribution in [0.2, 0.25) is 0 Å². The number of phenolic OH excluding ortho intramolecular Hbond substituents is 1. The predicted molar refractivity (Wildman–Crippen MR) is 105 cm³/mol. The van der Waals surface area contributed by atoms with Gasteiger partial charge >= 0.3 is 5.63 Å². The van der Waals surface area contributed by atoms with Crippen LogP contribution in [0.15, 0.2) is 67.3 Å². The molecule has 4 rings (SSSR count). The topological polar surface area (TPSA) is 83.1 Å². The number of rotatable bonds is 2. The van der Waals surface area contributed by atoms with E-state index in [0.717, 1.165) is 15.4 Å². The normalized spacial score (nSPS) is 16.6. The van der Waals surface area contributed by atoms with Crippen molar-refractivity contribution in [2.45, 2.75) is 19.4 Å². The van der Waals surface area contributed by atoms with Crippen LogP contribution in [-0.4, -0.2) is 21.7 Å². The number of halogens is 1. The molecule has 0 fully saturated rings. The second-order valence-electron chi connectivity index (χ2n) is 6.32. The fourth-order valence-corrected chi connectivity index (χ4v) is 3.69. The van der Waals surface area contributed by atoms with E-state index in [4.69, 9.17) is 4.42 Å². The largest absolute Gasteiger partial charge is 0.508 e. The van der Waals surface area contributed by atoms with Crippen LogP contribution in [0.5, 0.6) is 5.75 Å². The number of hydrazone groups is 1. The Morgan fingerprint density at radius 3 is 2.70 bits per heavy atom. The van der Waals surface area contributed by atoms with Crippen molar-refractivity contribution in [3.8, 4) is 5.75 Å². The molecule has 136 valence electrons. The van der Waals surface area contributed by atoms with Gasteiger partial charge in [-0.05, 0) is 35.9 Å². The third kappa shape index (κ3) is 3.14. The van der Waals surface area contributed by atoms with E-state index in [1.54, 1.807) is 42.5 Å². The van der Waals surface area contributed by atoms with Crippen LogP contribution in [0.4, 0.5) is 0 Å². The first-order chi connectivity index (χ1) is 12.9. The fraction of sp³-hybridized carbons (Fsp3) is 0.150. The molecule has 3 aromatic rings. The number of aromatic hydroxyl groups is 1. The summed E-state index contributed by atoms with van der Waals surface area (Å²) in [5.41, 5.74) is 1.65. The van der Waals surface area contributed by atoms with Crippen LogP contribution >= 0.6 is 15.9 Å². The van der Waals surface area contributed by atoms with Crippen LogP contribution in [0, 0.1) is 0 Å². The van der Waals surface area contributed by atoms with Crippen molar-refractivity contribution in [2.75, 3.05) is 0 Å². The lowest BCUT2D eigenvalue weighted by atomic mass is 9.98. The van der Waals surface area contributed by atoms with E-state index in [0.29, 0.717) is 23.3 Å². The lowest BCUT2D eigenvalue weighted by Gasteiger charge is -2.20. The highest BCUT2D eigenvalue weighted by Gasteiger charge is 2.32. The van der Waals surface area contributed by atoms with Gasteiger partial charge in [-0.3, -0.25) is 4.79 Å². The zero-order valence-electron chi connectivity index (χ0n) is 14.3. The third-order valence-electron chi connectivity index (χ3n) is 4.55. The van der Waals surface area contributed by atoms with E-state index in [-0.39, 0.29) is 17.7 Å². The van der Waals surface area contributed by atoms with Crippen molar-refractivity contribution >= 4 is 38.5 Å². The maximum Gasteiger partial charge on any atom is 0.345 e. The fourth-order valence-electron chi connectivity index (χ4n) is 3.22. The first kappa shape index (κ1) is 17.5. The Hall–Kier alpha value is -2.93. The number of hydrogen-bond acceptors (Lipinski definition) is 5. The van der Waals surface area contributed by atoms with Crippen LogP contribution in [0.3, 0.4) is 0 Å². The molecule has 0 saturated carbocycles. The molecule has 27 heavy (non-hydrogen) atoms. The molecule has 0 spiro atoms. The number of carbonyl (C=O) groups excluding carboxylic acids is 1. The van der Waals surface area contributed by atoms with Gasteiger partial charge in [0.2, 0.25) is 5.91 Å². The molecule has 2 aromatic carbocycles. The predicted octanol–water partition coefficient (Wildman–Crippen LogP) is 3.96. The number of phenols is 1. The lowest BCUT2D eigenvalue weighted by Crippen LogP contribution is -2.24. The summed E-state index contributed by atoms with van der Waals surface area (Å²) in [6.07, 6.45) is 0.380. The van der Waals surface area contributed by atoms with Crippen molar-refractivity contribution in [2.24, 2.45) is 5.10 Å². The molecule has 7 heteroatoms. The van der Waals surface area contributed by atoms with Gasteiger partial charge in [0.15, 0.2) is 0 Å². The van der Waals surface area contributed by atoms with Gasteiger partial charge in [-0.25, -0.2) is 9.80 Å². The number of nitrogens with zero attached hydrogens (tertiary/aromatic N) is 2. The van der Waals surface area contributed by atoms with Gasteiger partial charge in [0.1, 0.15) is 11.3 Å². The summed E-state index contributed by atoms with van der Waals surface area (Å²) in [4.78, 5) is 24.6. The molecule has 1 N–H and O–H groups in total. The van der Waals surface area contributed by atoms with Crippen molar-refractivity contribution < 1.29 is 14.3 Å². The molecule has 1 unspecified atom stereocenters. The molecule has 1 aliphatic rings. The van der Waals surface area contributed by atoms with E-state index >= 15 is 0 Å². The van der Waals surface area contributed by atoms with Gasteiger partial charge in [-0.15, -0.1) is 0 Å². The molecule has 1 aromatic heterocycles. The molecule has 6 nitrogen and oxygen atoms in total. The Morgan fingerprint density at radius 2 is 2.00 bits per heavy atom. The summed E-state index contributed by atoms with van der Waals surface area (Å²) in [5, 5.41) is 16.0. The van der Waals surface area contributed by atoms with E-state index in [1.165, 1.54) is 11.9 Å². The minimum atomic E-state index is -0.491. The molecular formula is C20H15BrN2O4. The highest BCUT2D eigenvalue weighted by Crippen LogP contribution is 2.33. The van der Waals surface area contributed by atoms with Crippen LogP contribution in [0.25, 0.3) is 11.0 Å².